The first kappa shape index (κ1) is 16.5. The van der Waals surface area contributed by atoms with E-state index < -0.39 is 10.0 Å². The van der Waals surface area contributed by atoms with Crippen molar-refractivity contribution < 1.29 is 13.2 Å². The normalized spacial score (nSPS) is 16.8. The SMILES string of the molecule is C[C@@H]1Cc2ccccc2N1C(=O)c1ccccc1N(C)S(C)(=O)=O. The third-order valence-corrected chi connectivity index (χ3v) is 5.59. The zero-order valence-corrected chi connectivity index (χ0v) is 14.7. The van der Waals surface area contributed by atoms with Gasteiger partial charge in [0.15, 0.2) is 0 Å². The number of nitrogens with zero attached hydrogens (tertiary/aromatic N) is 2. The van der Waals surface area contributed by atoms with Gasteiger partial charge in [-0.2, -0.15) is 0 Å². The van der Waals surface area contributed by atoms with Crippen molar-refractivity contribution in [2.45, 2.75) is 19.4 Å². The Morgan fingerprint density at radius 2 is 1.75 bits per heavy atom. The van der Waals surface area contributed by atoms with Crippen LogP contribution in [0.2, 0.25) is 0 Å². The summed E-state index contributed by atoms with van der Waals surface area (Å²) in [5.74, 6) is -0.182. The summed E-state index contributed by atoms with van der Waals surface area (Å²) < 4.78 is 24.9. The number of rotatable bonds is 3. The summed E-state index contributed by atoms with van der Waals surface area (Å²) >= 11 is 0. The average Bonchev–Trinajstić information content (AvgIpc) is 2.88. The highest BCUT2D eigenvalue weighted by molar-refractivity contribution is 7.92. The minimum absolute atomic E-state index is 0.0338. The molecule has 1 aliphatic heterocycles. The predicted molar refractivity (Wildman–Crippen MR) is 96.1 cm³/mol. The van der Waals surface area contributed by atoms with E-state index in [9.17, 15) is 13.2 Å². The number of anilines is 2. The molecule has 2 aromatic rings. The Kier molecular flexibility index (Phi) is 4.09. The molecule has 1 heterocycles. The lowest BCUT2D eigenvalue weighted by Gasteiger charge is -2.26. The first-order valence-corrected chi connectivity index (χ1v) is 9.60. The number of carbonyl (C=O) groups is 1. The second kappa shape index (κ2) is 5.94. The standard InChI is InChI=1S/C18H20N2O3S/c1-13-12-14-8-4-6-10-16(14)20(13)18(21)15-9-5-7-11-17(15)19(2)24(3,22)23/h4-11,13H,12H2,1-3H3/t13-/m1/s1. The minimum atomic E-state index is -3.45. The maximum absolute atomic E-state index is 13.2. The van der Waals surface area contributed by atoms with Crippen LogP contribution in [0.15, 0.2) is 48.5 Å². The van der Waals surface area contributed by atoms with Crippen LogP contribution >= 0.6 is 0 Å². The Hall–Kier alpha value is -2.34. The van der Waals surface area contributed by atoms with Gasteiger partial charge in [0.2, 0.25) is 10.0 Å². The molecule has 1 aliphatic rings. The summed E-state index contributed by atoms with van der Waals surface area (Å²) in [6.07, 6.45) is 1.92. The van der Waals surface area contributed by atoms with Crippen LogP contribution < -0.4 is 9.21 Å². The molecule has 3 rings (SSSR count). The molecule has 0 radical (unpaired) electrons. The van der Waals surface area contributed by atoms with Gasteiger partial charge in [-0.3, -0.25) is 9.10 Å². The topological polar surface area (TPSA) is 57.7 Å². The summed E-state index contributed by atoms with van der Waals surface area (Å²) in [4.78, 5) is 14.9. The summed E-state index contributed by atoms with van der Waals surface area (Å²) in [5.41, 5.74) is 2.80. The molecule has 0 saturated heterocycles. The molecule has 5 nitrogen and oxygen atoms in total. The molecule has 0 fully saturated rings. The third-order valence-electron chi connectivity index (χ3n) is 4.40. The molecular weight excluding hydrogens is 324 g/mol. The largest absolute Gasteiger partial charge is 0.305 e. The van der Waals surface area contributed by atoms with Gasteiger partial charge in [-0.1, -0.05) is 30.3 Å². The van der Waals surface area contributed by atoms with E-state index in [0.717, 1.165) is 28.2 Å². The quantitative estimate of drug-likeness (QED) is 0.860. The lowest BCUT2D eigenvalue weighted by Crippen LogP contribution is -2.37. The molecule has 0 unspecified atom stereocenters. The number of hydrogen-bond acceptors (Lipinski definition) is 3. The number of benzene rings is 2. The lowest BCUT2D eigenvalue weighted by molar-refractivity contribution is 0.0982. The van der Waals surface area contributed by atoms with Gasteiger partial charge in [0.25, 0.3) is 5.91 Å². The number of para-hydroxylation sites is 2. The van der Waals surface area contributed by atoms with Crippen molar-refractivity contribution >= 4 is 27.3 Å². The Bertz CT molecular complexity index is 893. The van der Waals surface area contributed by atoms with Crippen molar-refractivity contribution in [2.24, 2.45) is 0 Å². The van der Waals surface area contributed by atoms with E-state index in [1.165, 1.54) is 7.05 Å². The summed E-state index contributed by atoms with van der Waals surface area (Å²) in [5, 5.41) is 0. The van der Waals surface area contributed by atoms with Crippen molar-refractivity contribution in [1.29, 1.82) is 0 Å². The molecule has 24 heavy (non-hydrogen) atoms. The molecule has 126 valence electrons. The maximum atomic E-state index is 13.2. The molecule has 0 spiro atoms. The van der Waals surface area contributed by atoms with Crippen LogP contribution in [0.3, 0.4) is 0 Å². The van der Waals surface area contributed by atoms with Gasteiger partial charge in [0.05, 0.1) is 17.5 Å². The third kappa shape index (κ3) is 2.78. The summed E-state index contributed by atoms with van der Waals surface area (Å²) in [6, 6.07) is 14.7. The molecule has 6 heteroatoms. The number of sulfonamides is 1. The lowest BCUT2D eigenvalue weighted by atomic mass is 10.1. The highest BCUT2D eigenvalue weighted by atomic mass is 32.2. The van der Waals surface area contributed by atoms with Gasteiger partial charge >= 0.3 is 0 Å². The molecule has 0 N–H and O–H groups in total. The second-order valence-electron chi connectivity index (χ2n) is 6.10. The Labute approximate surface area is 142 Å². The minimum Gasteiger partial charge on any atom is -0.305 e. The molecule has 0 bridgehead atoms. The first-order chi connectivity index (χ1) is 11.3. The summed E-state index contributed by atoms with van der Waals surface area (Å²) in [7, 11) is -1.99. The second-order valence-corrected chi connectivity index (χ2v) is 8.12. The van der Waals surface area contributed by atoms with Gasteiger partial charge in [0, 0.05) is 18.8 Å². The molecule has 0 saturated carbocycles. The van der Waals surface area contributed by atoms with Crippen LogP contribution in [0, 0.1) is 0 Å². The van der Waals surface area contributed by atoms with E-state index in [1.807, 2.05) is 31.2 Å². The van der Waals surface area contributed by atoms with Crippen LogP contribution in [-0.2, 0) is 16.4 Å². The van der Waals surface area contributed by atoms with E-state index in [0.29, 0.717) is 11.3 Å². The van der Waals surface area contributed by atoms with Crippen molar-refractivity contribution in [1.82, 2.24) is 0 Å². The maximum Gasteiger partial charge on any atom is 0.260 e. The van der Waals surface area contributed by atoms with Crippen molar-refractivity contribution in [3.63, 3.8) is 0 Å². The monoisotopic (exact) mass is 344 g/mol. The smallest absolute Gasteiger partial charge is 0.260 e. The van der Waals surface area contributed by atoms with Gasteiger partial charge in [-0.05, 0) is 37.1 Å². The molecular formula is C18H20N2O3S. The summed E-state index contributed by atoms with van der Waals surface area (Å²) in [6.45, 7) is 2.00. The number of amides is 1. The fourth-order valence-corrected chi connectivity index (χ4v) is 3.63. The zero-order valence-electron chi connectivity index (χ0n) is 13.9. The average molecular weight is 344 g/mol. The molecule has 0 aromatic heterocycles. The van der Waals surface area contributed by atoms with E-state index in [1.54, 1.807) is 29.2 Å². The van der Waals surface area contributed by atoms with Crippen molar-refractivity contribution in [3.05, 3.63) is 59.7 Å². The van der Waals surface area contributed by atoms with Crippen LogP contribution in [0.4, 0.5) is 11.4 Å². The fourth-order valence-electron chi connectivity index (χ4n) is 3.11. The van der Waals surface area contributed by atoms with Crippen LogP contribution in [0.5, 0.6) is 0 Å². The van der Waals surface area contributed by atoms with Crippen molar-refractivity contribution in [2.75, 3.05) is 22.5 Å². The van der Waals surface area contributed by atoms with Crippen molar-refractivity contribution in [3.8, 4) is 0 Å². The van der Waals surface area contributed by atoms with Crippen LogP contribution in [0.1, 0.15) is 22.8 Å². The van der Waals surface area contributed by atoms with Crippen LogP contribution in [-0.4, -0.2) is 33.7 Å². The molecule has 1 amide bonds. The van der Waals surface area contributed by atoms with Gasteiger partial charge in [-0.25, -0.2) is 8.42 Å². The van der Waals surface area contributed by atoms with Gasteiger partial charge < -0.3 is 4.90 Å². The van der Waals surface area contributed by atoms with Gasteiger partial charge in [-0.15, -0.1) is 0 Å². The highest BCUT2D eigenvalue weighted by Crippen LogP contribution is 2.34. The molecule has 1 atom stereocenters. The predicted octanol–water partition coefficient (Wildman–Crippen LogP) is 2.67. The highest BCUT2D eigenvalue weighted by Gasteiger charge is 2.33. The Morgan fingerprint density at radius 1 is 1.12 bits per heavy atom. The first-order valence-electron chi connectivity index (χ1n) is 7.75. The van der Waals surface area contributed by atoms with Gasteiger partial charge in [0.1, 0.15) is 0 Å². The Balaban J connectivity index is 2.06. The number of carbonyl (C=O) groups excluding carboxylic acids is 1. The van der Waals surface area contributed by atoms with Crippen LogP contribution in [0.25, 0.3) is 0 Å². The van der Waals surface area contributed by atoms with E-state index in [-0.39, 0.29) is 11.9 Å². The number of fused-ring (bicyclic) bond motifs is 1. The Morgan fingerprint density at radius 3 is 2.46 bits per heavy atom. The van der Waals surface area contributed by atoms with E-state index in [2.05, 4.69) is 0 Å². The number of hydrogen-bond donors (Lipinski definition) is 0. The fraction of sp³-hybridized carbons (Fsp3) is 0.278. The van der Waals surface area contributed by atoms with E-state index in [4.69, 9.17) is 0 Å². The van der Waals surface area contributed by atoms with E-state index >= 15 is 0 Å². The molecule has 2 aromatic carbocycles. The zero-order chi connectivity index (χ0) is 17.5. The molecule has 0 aliphatic carbocycles.